The van der Waals surface area contributed by atoms with Gasteiger partial charge in [0.25, 0.3) is 0 Å². The van der Waals surface area contributed by atoms with Gasteiger partial charge in [-0.05, 0) is 17.8 Å². The van der Waals surface area contributed by atoms with Crippen LogP contribution in [0.2, 0.25) is 0 Å². The lowest BCUT2D eigenvalue weighted by Gasteiger charge is -2.24. The largest absolute Gasteiger partial charge is 0.369 e. The second kappa shape index (κ2) is 5.45. The predicted molar refractivity (Wildman–Crippen MR) is 63.0 cm³/mol. The summed E-state index contributed by atoms with van der Waals surface area (Å²) in [5.41, 5.74) is -0.347. The van der Waals surface area contributed by atoms with Crippen molar-refractivity contribution in [3.8, 4) is 0 Å². The molecule has 4 heteroatoms. The molecule has 0 spiro atoms. The molecule has 0 rings (SSSR count). The topological polar surface area (TPSA) is 26.3 Å². The van der Waals surface area contributed by atoms with Crippen molar-refractivity contribution < 1.29 is 13.3 Å². The van der Waals surface area contributed by atoms with E-state index in [0.717, 1.165) is 6.42 Å². The number of rotatable bonds is 5. The van der Waals surface area contributed by atoms with Gasteiger partial charge in [0.05, 0.1) is 12.3 Å². The third-order valence-electron chi connectivity index (χ3n) is 2.11. The maximum atomic E-state index is 13.3. The first-order chi connectivity index (χ1) is 6.54. The molecule has 2 nitrogen and oxygen atoms in total. The molecule has 0 aliphatic rings. The second-order valence-corrected chi connectivity index (χ2v) is 8.11. The minimum atomic E-state index is -3.88. The Balaban J connectivity index is 4.02. The molecule has 0 aromatic heterocycles. The Morgan fingerprint density at radius 3 is 2.07 bits per heavy atom. The van der Waals surface area contributed by atoms with Crippen molar-refractivity contribution in [2.45, 2.75) is 53.6 Å². The molecule has 2 unspecified atom stereocenters. The van der Waals surface area contributed by atoms with Crippen molar-refractivity contribution in [3.63, 3.8) is 0 Å². The van der Waals surface area contributed by atoms with E-state index in [1.54, 1.807) is 13.8 Å². The molecule has 0 saturated carbocycles. The zero-order chi connectivity index (χ0) is 12.3. The molecule has 2 atom stereocenters. The lowest BCUT2D eigenvalue weighted by Crippen LogP contribution is -2.15. The van der Waals surface area contributed by atoms with Gasteiger partial charge in [0, 0.05) is 0 Å². The standard InChI is InChI=1S/C11H24FO2P/c1-9(2)15(12,13)14-8-10(3)7-11(4,5)6/h9-10H,7-8H2,1-6H3. The summed E-state index contributed by atoms with van der Waals surface area (Å²) in [4.78, 5) is 0. The molecule has 0 radical (unpaired) electrons. The fourth-order valence-electron chi connectivity index (χ4n) is 1.48. The van der Waals surface area contributed by atoms with E-state index in [0.29, 0.717) is 0 Å². The van der Waals surface area contributed by atoms with Crippen LogP contribution in [0.25, 0.3) is 0 Å². The van der Waals surface area contributed by atoms with E-state index in [-0.39, 0.29) is 17.9 Å². The van der Waals surface area contributed by atoms with Crippen LogP contribution in [0.3, 0.4) is 0 Å². The van der Waals surface area contributed by atoms with E-state index < -0.39 is 13.3 Å². The molecule has 0 aliphatic heterocycles. The summed E-state index contributed by atoms with van der Waals surface area (Å²) in [5.74, 6) is 0.229. The molecule has 0 aromatic rings. The van der Waals surface area contributed by atoms with Gasteiger partial charge < -0.3 is 4.52 Å². The van der Waals surface area contributed by atoms with Gasteiger partial charge in [0.1, 0.15) is 0 Å². The number of hydrogen-bond acceptors (Lipinski definition) is 2. The average Bonchev–Trinajstić information content (AvgIpc) is 1.97. The van der Waals surface area contributed by atoms with Crippen LogP contribution in [-0.2, 0) is 9.09 Å². The van der Waals surface area contributed by atoms with E-state index >= 15 is 0 Å². The van der Waals surface area contributed by atoms with Gasteiger partial charge in [-0.25, -0.2) is 0 Å². The zero-order valence-electron chi connectivity index (χ0n) is 10.7. The molecule has 92 valence electrons. The summed E-state index contributed by atoms with van der Waals surface area (Å²) in [6.45, 7) is 11.8. The molecular weight excluding hydrogens is 214 g/mol. The van der Waals surface area contributed by atoms with Crippen molar-refractivity contribution >= 4 is 7.68 Å². The summed E-state index contributed by atoms with van der Waals surface area (Å²) < 4.78 is 29.5. The molecule has 0 aliphatic carbocycles. The average molecular weight is 238 g/mol. The molecular formula is C11H24FO2P. The lowest BCUT2D eigenvalue weighted by molar-refractivity contribution is 0.196. The van der Waals surface area contributed by atoms with Gasteiger partial charge in [-0.15, -0.1) is 0 Å². The summed E-state index contributed by atoms with van der Waals surface area (Å²) in [5, 5.41) is 0. The molecule has 0 bridgehead atoms. The van der Waals surface area contributed by atoms with E-state index in [1.807, 2.05) is 6.92 Å². The number of hydrogen-bond donors (Lipinski definition) is 0. The normalized spacial score (nSPS) is 18.9. The van der Waals surface area contributed by atoms with Crippen molar-refractivity contribution in [3.05, 3.63) is 0 Å². The first-order valence-electron chi connectivity index (χ1n) is 5.48. The SMILES string of the molecule is CC(COP(=O)(F)C(C)C)CC(C)(C)C. The van der Waals surface area contributed by atoms with Gasteiger partial charge >= 0.3 is 7.68 Å². The molecule has 0 heterocycles. The minimum Gasteiger partial charge on any atom is -0.305 e. The monoisotopic (exact) mass is 238 g/mol. The van der Waals surface area contributed by atoms with Gasteiger partial charge in [0.15, 0.2) is 0 Å². The lowest BCUT2D eigenvalue weighted by atomic mass is 9.86. The van der Waals surface area contributed by atoms with E-state index in [1.165, 1.54) is 0 Å². The van der Waals surface area contributed by atoms with Gasteiger partial charge in [-0.3, -0.25) is 4.57 Å². The second-order valence-electron chi connectivity index (χ2n) is 5.78. The van der Waals surface area contributed by atoms with Crippen molar-refractivity contribution in [2.24, 2.45) is 11.3 Å². The summed E-state index contributed by atoms with van der Waals surface area (Å²) in [6.07, 6.45) is 0.936. The van der Waals surface area contributed by atoms with Crippen molar-refractivity contribution in [2.75, 3.05) is 6.61 Å². The van der Waals surface area contributed by atoms with Crippen LogP contribution >= 0.6 is 7.68 Å². The molecule has 0 saturated heterocycles. The third-order valence-corrected chi connectivity index (χ3v) is 3.85. The van der Waals surface area contributed by atoms with Crippen molar-refractivity contribution in [1.29, 1.82) is 0 Å². The van der Waals surface area contributed by atoms with E-state index in [9.17, 15) is 8.76 Å². The fourth-order valence-corrected chi connectivity index (χ4v) is 2.24. The fraction of sp³-hybridized carbons (Fsp3) is 1.00. The summed E-state index contributed by atoms with van der Waals surface area (Å²) >= 11 is 0. The Morgan fingerprint density at radius 1 is 1.27 bits per heavy atom. The van der Waals surface area contributed by atoms with Crippen LogP contribution in [0.1, 0.15) is 48.0 Å². The van der Waals surface area contributed by atoms with Crippen LogP contribution in [0.15, 0.2) is 0 Å². The Morgan fingerprint density at radius 2 is 1.73 bits per heavy atom. The van der Waals surface area contributed by atoms with Gasteiger partial charge in [-0.1, -0.05) is 41.5 Å². The highest BCUT2D eigenvalue weighted by atomic mass is 31.2. The molecule has 0 fully saturated rings. The highest BCUT2D eigenvalue weighted by Crippen LogP contribution is 2.53. The highest BCUT2D eigenvalue weighted by Gasteiger charge is 2.28. The first kappa shape index (κ1) is 15.1. The van der Waals surface area contributed by atoms with Crippen LogP contribution in [0.5, 0.6) is 0 Å². The molecule has 0 aromatic carbocycles. The maximum Gasteiger partial charge on any atom is 0.369 e. The highest BCUT2D eigenvalue weighted by molar-refractivity contribution is 7.54. The number of halogens is 1. The Hall–Kier alpha value is 0.120. The van der Waals surface area contributed by atoms with Crippen LogP contribution in [-0.4, -0.2) is 12.3 Å². The quantitative estimate of drug-likeness (QED) is 0.652. The summed E-state index contributed by atoms with van der Waals surface area (Å²) in [6, 6.07) is 0. The van der Waals surface area contributed by atoms with Crippen LogP contribution < -0.4 is 0 Å². The van der Waals surface area contributed by atoms with Crippen LogP contribution in [0, 0.1) is 11.3 Å². The summed E-state index contributed by atoms with van der Waals surface area (Å²) in [7, 11) is -3.88. The zero-order valence-corrected chi connectivity index (χ0v) is 11.6. The Bertz CT molecular complexity index is 233. The van der Waals surface area contributed by atoms with Crippen LogP contribution in [0.4, 0.5) is 4.20 Å². The van der Waals surface area contributed by atoms with Crippen molar-refractivity contribution in [1.82, 2.24) is 0 Å². The van der Waals surface area contributed by atoms with E-state index in [4.69, 9.17) is 4.52 Å². The smallest absolute Gasteiger partial charge is 0.305 e. The first-order valence-corrected chi connectivity index (χ1v) is 7.07. The minimum absolute atomic E-state index is 0.195. The van der Waals surface area contributed by atoms with Gasteiger partial charge in [-0.2, -0.15) is 4.20 Å². The Kier molecular flexibility index (Phi) is 5.49. The van der Waals surface area contributed by atoms with Gasteiger partial charge in [0.2, 0.25) is 0 Å². The molecule has 0 amide bonds. The third kappa shape index (κ3) is 7.08. The Labute approximate surface area is 93.2 Å². The molecule has 15 heavy (non-hydrogen) atoms. The van der Waals surface area contributed by atoms with E-state index in [2.05, 4.69) is 20.8 Å². The maximum absolute atomic E-state index is 13.3. The predicted octanol–water partition coefficient (Wildman–Crippen LogP) is 4.65. The molecule has 0 N–H and O–H groups in total.